The summed E-state index contributed by atoms with van der Waals surface area (Å²) >= 11 is 0. The molecule has 0 saturated heterocycles. The SMILES string of the molecule is CCn1cc(-c2ccc(C)cc2)nc1NC(=O)c1cccc(F)c1. The van der Waals surface area contributed by atoms with Gasteiger partial charge in [-0.05, 0) is 32.0 Å². The molecule has 4 nitrogen and oxygen atoms in total. The molecule has 0 unspecified atom stereocenters. The number of anilines is 1. The van der Waals surface area contributed by atoms with Crippen LogP contribution in [0.4, 0.5) is 10.3 Å². The van der Waals surface area contributed by atoms with E-state index < -0.39 is 5.82 Å². The molecular weight excluding hydrogens is 305 g/mol. The summed E-state index contributed by atoms with van der Waals surface area (Å²) < 4.78 is 15.1. The zero-order chi connectivity index (χ0) is 17.1. The second kappa shape index (κ2) is 6.66. The molecule has 0 spiro atoms. The molecule has 122 valence electrons. The third-order valence-corrected chi connectivity index (χ3v) is 3.78. The molecule has 0 aliphatic heterocycles. The Bertz CT molecular complexity index is 869. The highest BCUT2D eigenvalue weighted by atomic mass is 19.1. The fourth-order valence-corrected chi connectivity index (χ4v) is 2.42. The van der Waals surface area contributed by atoms with Gasteiger partial charge in [0.15, 0.2) is 0 Å². The fourth-order valence-electron chi connectivity index (χ4n) is 2.42. The number of hydrogen-bond acceptors (Lipinski definition) is 2. The Kier molecular flexibility index (Phi) is 4.42. The van der Waals surface area contributed by atoms with Crippen LogP contribution < -0.4 is 5.32 Å². The van der Waals surface area contributed by atoms with Crippen molar-refractivity contribution in [1.29, 1.82) is 0 Å². The van der Waals surface area contributed by atoms with Crippen molar-refractivity contribution in [2.45, 2.75) is 20.4 Å². The van der Waals surface area contributed by atoms with Gasteiger partial charge in [-0.25, -0.2) is 9.37 Å². The van der Waals surface area contributed by atoms with Crippen LogP contribution in [-0.4, -0.2) is 15.5 Å². The maximum absolute atomic E-state index is 13.3. The Morgan fingerprint density at radius 3 is 2.62 bits per heavy atom. The summed E-state index contributed by atoms with van der Waals surface area (Å²) in [5, 5.41) is 2.75. The maximum atomic E-state index is 13.3. The van der Waals surface area contributed by atoms with E-state index in [1.54, 1.807) is 6.07 Å². The number of nitrogens with zero attached hydrogens (tertiary/aromatic N) is 2. The monoisotopic (exact) mass is 323 g/mol. The van der Waals surface area contributed by atoms with Crippen molar-refractivity contribution in [3.63, 3.8) is 0 Å². The van der Waals surface area contributed by atoms with E-state index in [0.29, 0.717) is 12.5 Å². The number of imidazole rings is 1. The molecule has 0 fully saturated rings. The summed E-state index contributed by atoms with van der Waals surface area (Å²) in [4.78, 5) is 16.8. The summed E-state index contributed by atoms with van der Waals surface area (Å²) in [5.74, 6) is -0.380. The molecule has 0 bridgehead atoms. The third-order valence-electron chi connectivity index (χ3n) is 3.78. The van der Waals surface area contributed by atoms with E-state index in [2.05, 4.69) is 10.3 Å². The van der Waals surface area contributed by atoms with Crippen molar-refractivity contribution in [3.8, 4) is 11.3 Å². The number of carbonyl (C=O) groups is 1. The first-order chi connectivity index (χ1) is 11.6. The topological polar surface area (TPSA) is 46.9 Å². The lowest BCUT2D eigenvalue weighted by Crippen LogP contribution is -2.15. The third kappa shape index (κ3) is 3.35. The first kappa shape index (κ1) is 15.9. The number of carbonyl (C=O) groups excluding carboxylic acids is 1. The molecule has 0 atom stereocenters. The number of aromatic nitrogens is 2. The quantitative estimate of drug-likeness (QED) is 0.779. The first-order valence-electron chi connectivity index (χ1n) is 7.78. The number of halogens is 1. The molecule has 5 heteroatoms. The Morgan fingerprint density at radius 2 is 1.96 bits per heavy atom. The average Bonchev–Trinajstić information content (AvgIpc) is 2.98. The lowest BCUT2D eigenvalue weighted by molar-refractivity contribution is 0.102. The molecular formula is C19H18FN3O. The van der Waals surface area contributed by atoms with E-state index in [-0.39, 0.29) is 11.5 Å². The summed E-state index contributed by atoms with van der Waals surface area (Å²) in [7, 11) is 0. The number of amides is 1. The largest absolute Gasteiger partial charge is 0.317 e. The minimum Gasteiger partial charge on any atom is -0.317 e. The van der Waals surface area contributed by atoms with Gasteiger partial charge in [0.25, 0.3) is 5.91 Å². The molecule has 0 saturated carbocycles. The van der Waals surface area contributed by atoms with Crippen LogP contribution in [0.15, 0.2) is 54.7 Å². The van der Waals surface area contributed by atoms with Crippen LogP contribution in [0.3, 0.4) is 0 Å². The minimum absolute atomic E-state index is 0.262. The number of nitrogens with one attached hydrogen (secondary N) is 1. The Balaban J connectivity index is 1.88. The number of benzene rings is 2. The van der Waals surface area contributed by atoms with Gasteiger partial charge in [-0.1, -0.05) is 35.9 Å². The van der Waals surface area contributed by atoms with E-state index in [4.69, 9.17) is 0 Å². The van der Waals surface area contributed by atoms with Gasteiger partial charge in [0.2, 0.25) is 5.95 Å². The molecule has 0 aliphatic carbocycles. The molecule has 24 heavy (non-hydrogen) atoms. The van der Waals surface area contributed by atoms with Crippen molar-refractivity contribution >= 4 is 11.9 Å². The van der Waals surface area contributed by atoms with E-state index in [1.807, 2.05) is 48.9 Å². The van der Waals surface area contributed by atoms with Crippen LogP contribution in [0.5, 0.6) is 0 Å². The lowest BCUT2D eigenvalue weighted by atomic mass is 10.1. The molecule has 0 radical (unpaired) electrons. The highest BCUT2D eigenvalue weighted by Gasteiger charge is 2.13. The molecule has 1 amide bonds. The highest BCUT2D eigenvalue weighted by Crippen LogP contribution is 2.22. The van der Waals surface area contributed by atoms with Gasteiger partial charge in [0.1, 0.15) is 5.82 Å². The van der Waals surface area contributed by atoms with Gasteiger partial charge >= 0.3 is 0 Å². The minimum atomic E-state index is -0.443. The van der Waals surface area contributed by atoms with E-state index in [1.165, 1.54) is 23.8 Å². The van der Waals surface area contributed by atoms with Crippen LogP contribution in [0.1, 0.15) is 22.8 Å². The second-order valence-corrected chi connectivity index (χ2v) is 5.57. The van der Waals surface area contributed by atoms with Gasteiger partial charge in [-0.15, -0.1) is 0 Å². The van der Waals surface area contributed by atoms with Gasteiger partial charge in [-0.2, -0.15) is 0 Å². The molecule has 1 aromatic heterocycles. The maximum Gasteiger partial charge on any atom is 0.258 e. The molecule has 1 N–H and O–H groups in total. The molecule has 0 aliphatic rings. The number of hydrogen-bond donors (Lipinski definition) is 1. The summed E-state index contributed by atoms with van der Waals surface area (Å²) in [6, 6.07) is 13.6. The zero-order valence-corrected chi connectivity index (χ0v) is 13.6. The van der Waals surface area contributed by atoms with Gasteiger partial charge < -0.3 is 4.57 Å². The van der Waals surface area contributed by atoms with Crippen LogP contribution in [0.25, 0.3) is 11.3 Å². The van der Waals surface area contributed by atoms with Crippen LogP contribution in [0.2, 0.25) is 0 Å². The Labute approximate surface area is 140 Å². The van der Waals surface area contributed by atoms with Gasteiger partial charge in [-0.3, -0.25) is 10.1 Å². The predicted octanol–water partition coefficient (Wildman–Crippen LogP) is 4.27. The van der Waals surface area contributed by atoms with Crippen LogP contribution in [0, 0.1) is 12.7 Å². The Morgan fingerprint density at radius 1 is 1.21 bits per heavy atom. The summed E-state index contributed by atoms with van der Waals surface area (Å²) in [6.07, 6.45) is 1.89. The van der Waals surface area contributed by atoms with Crippen molar-refractivity contribution in [2.24, 2.45) is 0 Å². The van der Waals surface area contributed by atoms with Crippen molar-refractivity contribution in [2.75, 3.05) is 5.32 Å². The van der Waals surface area contributed by atoms with Crippen LogP contribution >= 0.6 is 0 Å². The standard InChI is InChI=1S/C19H18FN3O/c1-3-23-12-17(14-9-7-13(2)8-10-14)21-19(23)22-18(24)15-5-4-6-16(20)11-15/h4-12H,3H2,1-2H3,(H,21,22,24). The summed E-state index contributed by atoms with van der Waals surface area (Å²) in [6.45, 7) is 4.66. The van der Waals surface area contributed by atoms with E-state index in [0.717, 1.165) is 11.3 Å². The lowest BCUT2D eigenvalue weighted by Gasteiger charge is -2.06. The molecule has 1 heterocycles. The normalized spacial score (nSPS) is 10.6. The number of rotatable bonds is 4. The van der Waals surface area contributed by atoms with Gasteiger partial charge in [0.05, 0.1) is 5.69 Å². The van der Waals surface area contributed by atoms with E-state index >= 15 is 0 Å². The summed E-state index contributed by atoms with van der Waals surface area (Å²) in [5.41, 5.74) is 3.20. The van der Waals surface area contributed by atoms with E-state index in [9.17, 15) is 9.18 Å². The molecule has 3 aromatic rings. The molecule has 3 rings (SSSR count). The van der Waals surface area contributed by atoms with Crippen molar-refractivity contribution < 1.29 is 9.18 Å². The first-order valence-corrected chi connectivity index (χ1v) is 7.78. The average molecular weight is 323 g/mol. The predicted molar refractivity (Wildman–Crippen MR) is 92.4 cm³/mol. The van der Waals surface area contributed by atoms with Crippen LogP contribution in [-0.2, 0) is 6.54 Å². The second-order valence-electron chi connectivity index (χ2n) is 5.57. The smallest absolute Gasteiger partial charge is 0.258 e. The van der Waals surface area contributed by atoms with Gasteiger partial charge in [0, 0.05) is 23.9 Å². The molecule has 2 aromatic carbocycles. The fraction of sp³-hybridized carbons (Fsp3) is 0.158. The Hall–Kier alpha value is -2.95. The number of aryl methyl sites for hydroxylation is 2. The van der Waals surface area contributed by atoms with Crippen molar-refractivity contribution in [1.82, 2.24) is 9.55 Å². The zero-order valence-electron chi connectivity index (χ0n) is 13.6. The van der Waals surface area contributed by atoms with Crippen molar-refractivity contribution in [3.05, 3.63) is 71.7 Å². The highest BCUT2D eigenvalue weighted by molar-refractivity contribution is 6.03.